The smallest absolute Gasteiger partial charge is 0.214 e. The monoisotopic (exact) mass is 386 g/mol. The minimum absolute atomic E-state index is 0.314. The van der Waals surface area contributed by atoms with Gasteiger partial charge in [-0.15, -0.1) is 0 Å². The molecule has 0 saturated carbocycles. The maximum Gasteiger partial charge on any atom is 0.214 e. The lowest BCUT2D eigenvalue weighted by atomic mass is 10.1. The number of hydrogen-bond acceptors (Lipinski definition) is 8. The molecule has 0 atom stereocenters. The van der Waals surface area contributed by atoms with Gasteiger partial charge in [0.05, 0.1) is 12.2 Å². The molecule has 29 heavy (non-hydrogen) atoms. The summed E-state index contributed by atoms with van der Waals surface area (Å²) in [6.45, 7) is 2.80. The molecule has 0 unspecified atom stereocenters. The normalized spacial score (nSPS) is 10.8. The summed E-state index contributed by atoms with van der Waals surface area (Å²) in [5.41, 5.74) is 15.0. The van der Waals surface area contributed by atoms with Crippen molar-refractivity contribution in [1.82, 2.24) is 24.5 Å². The van der Waals surface area contributed by atoms with Crippen molar-refractivity contribution in [3.63, 3.8) is 0 Å². The number of rotatable bonds is 5. The molecular weight excluding hydrogens is 368 g/mol. The lowest BCUT2D eigenvalue weighted by molar-refractivity contribution is 0.287. The number of nitriles is 1. The number of imidazole rings is 1. The molecule has 0 fully saturated rings. The molecule has 0 aromatic carbocycles. The molecule has 0 aliphatic carbocycles. The zero-order chi connectivity index (χ0) is 20.4. The Morgan fingerprint density at radius 1 is 1.03 bits per heavy atom. The third-order valence-electron chi connectivity index (χ3n) is 4.35. The molecule has 0 spiro atoms. The van der Waals surface area contributed by atoms with Crippen LogP contribution in [0.5, 0.6) is 5.88 Å². The number of pyridine rings is 3. The van der Waals surface area contributed by atoms with Gasteiger partial charge in [0, 0.05) is 11.6 Å². The Labute approximate surface area is 166 Å². The minimum atomic E-state index is 0.314. The molecule has 0 bridgehead atoms. The summed E-state index contributed by atoms with van der Waals surface area (Å²) in [5, 5.41) is 8.94. The van der Waals surface area contributed by atoms with Gasteiger partial charge in [-0.3, -0.25) is 0 Å². The van der Waals surface area contributed by atoms with Crippen LogP contribution in [-0.4, -0.2) is 31.1 Å². The highest BCUT2D eigenvalue weighted by molar-refractivity contribution is 5.77. The Morgan fingerprint density at radius 3 is 2.59 bits per heavy atom. The number of nitrogen functional groups attached to an aromatic ring is 2. The predicted molar refractivity (Wildman–Crippen MR) is 109 cm³/mol. The van der Waals surface area contributed by atoms with Crippen LogP contribution < -0.4 is 16.2 Å². The molecular formula is C20H18N8O. The maximum absolute atomic E-state index is 8.94. The van der Waals surface area contributed by atoms with Crippen molar-refractivity contribution < 1.29 is 4.74 Å². The minimum Gasteiger partial charge on any atom is -0.476 e. The van der Waals surface area contributed by atoms with Gasteiger partial charge in [-0.1, -0.05) is 6.07 Å². The van der Waals surface area contributed by atoms with Gasteiger partial charge in [0.15, 0.2) is 5.65 Å². The van der Waals surface area contributed by atoms with E-state index >= 15 is 0 Å². The zero-order valence-corrected chi connectivity index (χ0v) is 15.7. The number of ether oxygens (including phenoxy) is 1. The third-order valence-corrected chi connectivity index (χ3v) is 4.35. The highest BCUT2D eigenvalue weighted by atomic mass is 16.5. The number of fused-ring (bicyclic) bond motifs is 1. The molecule has 4 rings (SSSR count). The van der Waals surface area contributed by atoms with E-state index in [4.69, 9.17) is 26.5 Å². The summed E-state index contributed by atoms with van der Waals surface area (Å²) in [5.74, 6) is 1.91. The van der Waals surface area contributed by atoms with Crippen LogP contribution in [0.4, 0.5) is 11.6 Å². The van der Waals surface area contributed by atoms with Crippen LogP contribution in [0.25, 0.3) is 22.4 Å². The Morgan fingerprint density at radius 2 is 1.83 bits per heavy atom. The van der Waals surface area contributed by atoms with E-state index in [2.05, 4.69) is 15.0 Å². The average Bonchev–Trinajstić information content (AvgIpc) is 3.02. The Kier molecular flexibility index (Phi) is 4.66. The van der Waals surface area contributed by atoms with Crippen LogP contribution in [0.1, 0.15) is 11.5 Å². The second-order valence-electron chi connectivity index (χ2n) is 6.38. The van der Waals surface area contributed by atoms with Gasteiger partial charge in [0.25, 0.3) is 0 Å². The zero-order valence-electron chi connectivity index (χ0n) is 15.7. The summed E-state index contributed by atoms with van der Waals surface area (Å²) in [7, 11) is 0. The van der Waals surface area contributed by atoms with Crippen molar-refractivity contribution in [2.24, 2.45) is 0 Å². The van der Waals surface area contributed by atoms with E-state index in [1.165, 1.54) is 0 Å². The topological polar surface area (TPSA) is 142 Å². The van der Waals surface area contributed by atoms with Gasteiger partial charge >= 0.3 is 0 Å². The van der Waals surface area contributed by atoms with Crippen molar-refractivity contribution in [3.05, 3.63) is 54.0 Å². The van der Waals surface area contributed by atoms with E-state index in [0.29, 0.717) is 36.4 Å². The molecule has 9 heteroatoms. The first-order chi connectivity index (χ1) is 14.0. The lowest BCUT2D eigenvalue weighted by Gasteiger charge is -2.09. The van der Waals surface area contributed by atoms with Gasteiger partial charge in [-0.25, -0.2) is 19.9 Å². The van der Waals surface area contributed by atoms with Crippen LogP contribution in [0.3, 0.4) is 0 Å². The van der Waals surface area contributed by atoms with Crippen LogP contribution in [0.15, 0.2) is 42.5 Å². The van der Waals surface area contributed by atoms with E-state index in [1.54, 1.807) is 30.3 Å². The fourth-order valence-electron chi connectivity index (χ4n) is 3.06. The fourth-order valence-corrected chi connectivity index (χ4v) is 3.06. The second kappa shape index (κ2) is 7.44. The van der Waals surface area contributed by atoms with Crippen LogP contribution >= 0.6 is 0 Å². The van der Waals surface area contributed by atoms with E-state index in [0.717, 1.165) is 28.2 Å². The standard InChI is InChI=1S/C20H18N8O/c1-12-24-16-6-5-15(13-9-17(22)27-18(23)10-13)26-20(16)28(12)7-8-29-19-4-2-3-14(11-21)25-19/h2-6,9-10H,7-8H2,1H3,(H4,22,23,27). The van der Waals surface area contributed by atoms with Crippen LogP contribution in [0, 0.1) is 18.3 Å². The first-order valence-corrected chi connectivity index (χ1v) is 8.91. The van der Waals surface area contributed by atoms with Gasteiger partial charge < -0.3 is 20.8 Å². The van der Waals surface area contributed by atoms with E-state index in [9.17, 15) is 0 Å². The number of aromatic nitrogens is 5. The molecule has 0 aliphatic heterocycles. The Bertz CT molecular complexity index is 1220. The molecule has 4 N–H and O–H groups in total. The average molecular weight is 386 g/mol. The highest BCUT2D eigenvalue weighted by Gasteiger charge is 2.12. The number of aryl methyl sites for hydroxylation is 1. The first kappa shape index (κ1) is 18.2. The molecule has 4 aromatic heterocycles. The number of nitrogens with two attached hydrogens (primary N) is 2. The van der Waals surface area contributed by atoms with E-state index < -0.39 is 0 Å². The lowest BCUT2D eigenvalue weighted by Crippen LogP contribution is -2.11. The summed E-state index contributed by atoms with van der Waals surface area (Å²) >= 11 is 0. The van der Waals surface area contributed by atoms with E-state index in [1.807, 2.05) is 29.7 Å². The SMILES string of the molecule is Cc1nc2ccc(-c3cc(N)nc(N)c3)nc2n1CCOc1cccc(C#N)n1. The highest BCUT2D eigenvalue weighted by Crippen LogP contribution is 2.24. The van der Waals surface area contributed by atoms with Gasteiger partial charge in [-0.2, -0.15) is 5.26 Å². The van der Waals surface area contributed by atoms with Crippen molar-refractivity contribution in [1.29, 1.82) is 5.26 Å². The molecule has 4 heterocycles. The quantitative estimate of drug-likeness (QED) is 0.532. The molecule has 4 aromatic rings. The van der Waals surface area contributed by atoms with Crippen molar-refractivity contribution in [3.8, 4) is 23.2 Å². The summed E-state index contributed by atoms with van der Waals surface area (Å²) in [6.07, 6.45) is 0. The van der Waals surface area contributed by atoms with Gasteiger partial charge in [0.2, 0.25) is 5.88 Å². The third kappa shape index (κ3) is 3.77. The Balaban J connectivity index is 1.60. The van der Waals surface area contributed by atoms with Gasteiger partial charge in [0.1, 0.15) is 41.3 Å². The molecule has 0 radical (unpaired) electrons. The molecule has 9 nitrogen and oxygen atoms in total. The predicted octanol–water partition coefficient (Wildman–Crippen LogP) is 2.31. The second-order valence-corrected chi connectivity index (χ2v) is 6.38. The first-order valence-electron chi connectivity index (χ1n) is 8.91. The summed E-state index contributed by atoms with van der Waals surface area (Å²) in [6, 6.07) is 14.3. The molecule has 0 aliphatic rings. The molecule has 144 valence electrons. The largest absolute Gasteiger partial charge is 0.476 e. The van der Waals surface area contributed by atoms with Gasteiger partial charge in [-0.05, 0) is 37.3 Å². The summed E-state index contributed by atoms with van der Waals surface area (Å²) in [4.78, 5) is 17.4. The van der Waals surface area contributed by atoms with Crippen LogP contribution in [-0.2, 0) is 6.54 Å². The Hall–Kier alpha value is -4.19. The summed E-state index contributed by atoms with van der Waals surface area (Å²) < 4.78 is 7.67. The maximum atomic E-state index is 8.94. The fraction of sp³-hybridized carbons (Fsp3) is 0.150. The van der Waals surface area contributed by atoms with Crippen molar-refractivity contribution in [2.45, 2.75) is 13.5 Å². The van der Waals surface area contributed by atoms with Crippen molar-refractivity contribution >= 4 is 22.8 Å². The van der Waals surface area contributed by atoms with Crippen LogP contribution in [0.2, 0.25) is 0 Å². The number of anilines is 2. The molecule has 0 amide bonds. The van der Waals surface area contributed by atoms with E-state index in [-0.39, 0.29) is 0 Å². The molecule has 0 saturated heterocycles. The van der Waals surface area contributed by atoms with Crippen molar-refractivity contribution in [2.75, 3.05) is 18.1 Å². The number of nitrogens with zero attached hydrogens (tertiary/aromatic N) is 6. The number of hydrogen-bond donors (Lipinski definition) is 2.